The van der Waals surface area contributed by atoms with Crippen molar-refractivity contribution in [1.29, 1.82) is 0 Å². The van der Waals surface area contributed by atoms with Crippen molar-refractivity contribution < 1.29 is 9.53 Å². The lowest BCUT2D eigenvalue weighted by molar-refractivity contribution is -0.151. The summed E-state index contributed by atoms with van der Waals surface area (Å²) in [6.07, 6.45) is 3.35. The second-order valence-corrected chi connectivity index (χ2v) is 2.88. The molecule has 0 aromatic rings. The van der Waals surface area contributed by atoms with Crippen LogP contribution in [-0.4, -0.2) is 13.1 Å². The predicted octanol–water partition coefficient (Wildman–Crippen LogP) is 1.60. The van der Waals surface area contributed by atoms with Gasteiger partial charge in [0.2, 0.25) is 0 Å². The maximum atomic E-state index is 10.9. The molecule has 0 saturated heterocycles. The Kier molecular flexibility index (Phi) is 2.30. The van der Waals surface area contributed by atoms with Crippen LogP contribution in [-0.2, 0) is 9.53 Å². The molecular formula is C8H14O2. The summed E-state index contributed by atoms with van der Waals surface area (Å²) >= 11 is 0. The first-order valence-electron chi connectivity index (χ1n) is 3.87. The number of ether oxygens (including phenoxy) is 1. The molecule has 58 valence electrons. The SMILES string of the molecule is CCC1CCC1C(=O)OC. The Bertz CT molecular complexity index is 129. The Morgan fingerprint density at radius 2 is 2.30 bits per heavy atom. The normalized spacial score (nSPS) is 31.0. The highest BCUT2D eigenvalue weighted by Crippen LogP contribution is 2.37. The average molecular weight is 142 g/mol. The molecule has 10 heavy (non-hydrogen) atoms. The molecule has 0 aromatic heterocycles. The average Bonchev–Trinajstić information content (AvgIpc) is 1.86. The van der Waals surface area contributed by atoms with Crippen LogP contribution in [0, 0.1) is 11.8 Å². The van der Waals surface area contributed by atoms with E-state index < -0.39 is 0 Å². The van der Waals surface area contributed by atoms with E-state index in [9.17, 15) is 4.79 Å². The van der Waals surface area contributed by atoms with Gasteiger partial charge in [-0.05, 0) is 18.8 Å². The first-order valence-corrected chi connectivity index (χ1v) is 3.87. The highest BCUT2D eigenvalue weighted by Gasteiger charge is 2.35. The van der Waals surface area contributed by atoms with Gasteiger partial charge in [-0.1, -0.05) is 13.3 Å². The minimum Gasteiger partial charge on any atom is -0.469 e. The third-order valence-corrected chi connectivity index (χ3v) is 2.45. The fraction of sp³-hybridized carbons (Fsp3) is 0.875. The fourth-order valence-corrected chi connectivity index (χ4v) is 1.52. The lowest BCUT2D eigenvalue weighted by Gasteiger charge is -2.33. The molecule has 1 aliphatic rings. The lowest BCUT2D eigenvalue weighted by Crippen LogP contribution is -2.33. The van der Waals surface area contributed by atoms with Crippen molar-refractivity contribution in [2.75, 3.05) is 7.11 Å². The van der Waals surface area contributed by atoms with E-state index in [0.29, 0.717) is 5.92 Å². The van der Waals surface area contributed by atoms with Gasteiger partial charge in [-0.25, -0.2) is 0 Å². The molecule has 1 fully saturated rings. The first-order chi connectivity index (χ1) is 4.79. The molecule has 0 amide bonds. The Labute approximate surface area is 61.6 Å². The molecule has 0 heterocycles. The maximum absolute atomic E-state index is 10.9. The van der Waals surface area contributed by atoms with Crippen LogP contribution in [0.4, 0.5) is 0 Å². The van der Waals surface area contributed by atoms with Crippen LogP contribution in [0.25, 0.3) is 0 Å². The van der Waals surface area contributed by atoms with Crippen molar-refractivity contribution in [3.63, 3.8) is 0 Å². The molecule has 2 atom stereocenters. The number of hydrogen-bond donors (Lipinski definition) is 0. The van der Waals surface area contributed by atoms with E-state index in [-0.39, 0.29) is 11.9 Å². The monoisotopic (exact) mass is 142 g/mol. The van der Waals surface area contributed by atoms with E-state index >= 15 is 0 Å². The summed E-state index contributed by atoms with van der Waals surface area (Å²) in [5.74, 6) is 0.806. The van der Waals surface area contributed by atoms with Crippen molar-refractivity contribution >= 4 is 5.97 Å². The Balaban J connectivity index is 2.35. The molecule has 0 N–H and O–H groups in total. The molecule has 1 saturated carbocycles. The van der Waals surface area contributed by atoms with Gasteiger partial charge < -0.3 is 4.74 Å². The second-order valence-electron chi connectivity index (χ2n) is 2.88. The second kappa shape index (κ2) is 3.04. The van der Waals surface area contributed by atoms with Crippen LogP contribution in [0.1, 0.15) is 26.2 Å². The largest absolute Gasteiger partial charge is 0.469 e. The molecule has 0 aromatic carbocycles. The Morgan fingerprint density at radius 3 is 2.60 bits per heavy atom. The number of methoxy groups -OCH3 is 1. The molecular weight excluding hydrogens is 128 g/mol. The molecule has 0 aliphatic heterocycles. The van der Waals surface area contributed by atoms with Crippen LogP contribution in [0.5, 0.6) is 0 Å². The van der Waals surface area contributed by atoms with Crippen molar-refractivity contribution in [3.8, 4) is 0 Å². The molecule has 0 spiro atoms. The van der Waals surface area contributed by atoms with Crippen LogP contribution < -0.4 is 0 Å². The van der Waals surface area contributed by atoms with E-state index in [4.69, 9.17) is 0 Å². The van der Waals surface area contributed by atoms with Gasteiger partial charge in [0.25, 0.3) is 0 Å². The fourth-order valence-electron chi connectivity index (χ4n) is 1.52. The number of hydrogen-bond acceptors (Lipinski definition) is 2. The van der Waals surface area contributed by atoms with E-state index in [1.165, 1.54) is 13.5 Å². The quantitative estimate of drug-likeness (QED) is 0.547. The highest BCUT2D eigenvalue weighted by molar-refractivity contribution is 5.73. The zero-order valence-corrected chi connectivity index (χ0v) is 6.59. The van der Waals surface area contributed by atoms with Gasteiger partial charge in [0, 0.05) is 0 Å². The number of carbonyl (C=O) groups excluding carboxylic acids is 1. The first kappa shape index (κ1) is 7.58. The zero-order valence-electron chi connectivity index (χ0n) is 6.59. The van der Waals surface area contributed by atoms with Gasteiger partial charge in [-0.3, -0.25) is 4.79 Å². The number of esters is 1. The smallest absolute Gasteiger partial charge is 0.308 e. The Morgan fingerprint density at radius 1 is 1.60 bits per heavy atom. The minimum absolute atomic E-state index is 0.0156. The maximum Gasteiger partial charge on any atom is 0.308 e. The minimum atomic E-state index is -0.0156. The summed E-state index contributed by atoms with van der Waals surface area (Å²) in [6, 6.07) is 0. The van der Waals surface area contributed by atoms with Gasteiger partial charge in [0.05, 0.1) is 13.0 Å². The number of carbonyl (C=O) groups is 1. The molecule has 0 radical (unpaired) electrons. The van der Waals surface area contributed by atoms with Crippen molar-refractivity contribution in [2.24, 2.45) is 11.8 Å². The van der Waals surface area contributed by atoms with Gasteiger partial charge >= 0.3 is 5.97 Å². The molecule has 2 nitrogen and oxygen atoms in total. The van der Waals surface area contributed by atoms with Gasteiger partial charge in [-0.15, -0.1) is 0 Å². The summed E-state index contributed by atoms with van der Waals surface area (Å²) in [5.41, 5.74) is 0. The third-order valence-electron chi connectivity index (χ3n) is 2.45. The highest BCUT2D eigenvalue weighted by atomic mass is 16.5. The molecule has 2 heteroatoms. The van der Waals surface area contributed by atoms with E-state index in [2.05, 4.69) is 11.7 Å². The van der Waals surface area contributed by atoms with Crippen molar-refractivity contribution in [2.45, 2.75) is 26.2 Å². The van der Waals surface area contributed by atoms with Crippen LogP contribution in [0.3, 0.4) is 0 Å². The van der Waals surface area contributed by atoms with E-state index in [1.807, 2.05) is 0 Å². The van der Waals surface area contributed by atoms with Gasteiger partial charge in [-0.2, -0.15) is 0 Å². The van der Waals surface area contributed by atoms with Crippen molar-refractivity contribution in [1.82, 2.24) is 0 Å². The van der Waals surface area contributed by atoms with Crippen LogP contribution >= 0.6 is 0 Å². The molecule has 2 unspecified atom stereocenters. The summed E-state index contributed by atoms with van der Waals surface area (Å²) in [6.45, 7) is 2.12. The molecule has 1 rings (SSSR count). The summed E-state index contributed by atoms with van der Waals surface area (Å²) in [4.78, 5) is 10.9. The third kappa shape index (κ3) is 1.15. The standard InChI is InChI=1S/C8H14O2/c1-3-6-4-5-7(6)8(9)10-2/h6-7H,3-5H2,1-2H3. The summed E-state index contributed by atoms with van der Waals surface area (Å²) < 4.78 is 4.65. The van der Waals surface area contributed by atoms with Crippen LogP contribution in [0.15, 0.2) is 0 Å². The molecule has 0 bridgehead atoms. The predicted molar refractivity (Wildman–Crippen MR) is 38.5 cm³/mol. The number of rotatable bonds is 2. The van der Waals surface area contributed by atoms with E-state index in [0.717, 1.165) is 12.8 Å². The van der Waals surface area contributed by atoms with Crippen molar-refractivity contribution in [3.05, 3.63) is 0 Å². The van der Waals surface area contributed by atoms with Gasteiger partial charge in [0.15, 0.2) is 0 Å². The zero-order chi connectivity index (χ0) is 7.56. The Hall–Kier alpha value is -0.530. The summed E-state index contributed by atoms with van der Waals surface area (Å²) in [7, 11) is 1.47. The topological polar surface area (TPSA) is 26.3 Å². The van der Waals surface area contributed by atoms with E-state index in [1.54, 1.807) is 0 Å². The molecule has 1 aliphatic carbocycles. The van der Waals surface area contributed by atoms with Crippen LogP contribution in [0.2, 0.25) is 0 Å². The lowest BCUT2D eigenvalue weighted by atomic mass is 9.72. The van der Waals surface area contributed by atoms with Gasteiger partial charge in [0.1, 0.15) is 0 Å². The summed E-state index contributed by atoms with van der Waals surface area (Å²) in [5, 5.41) is 0.